The van der Waals surface area contributed by atoms with Gasteiger partial charge in [0.1, 0.15) is 5.69 Å². The van der Waals surface area contributed by atoms with Crippen LogP contribution in [0.2, 0.25) is 5.02 Å². The highest BCUT2D eigenvalue weighted by Gasteiger charge is 2.22. The van der Waals surface area contributed by atoms with Crippen LogP contribution in [0.4, 0.5) is 8.78 Å². The average Bonchev–Trinajstić information content (AvgIpc) is 2.84. The second-order valence-electron chi connectivity index (χ2n) is 4.74. The van der Waals surface area contributed by atoms with Gasteiger partial charge in [0.15, 0.2) is 0 Å². The maximum atomic E-state index is 12.8. The van der Waals surface area contributed by atoms with E-state index in [1.807, 2.05) is 0 Å². The van der Waals surface area contributed by atoms with E-state index in [2.05, 4.69) is 10.4 Å². The van der Waals surface area contributed by atoms with Crippen molar-refractivity contribution in [2.75, 3.05) is 0 Å². The molecule has 0 radical (unpaired) electrons. The van der Waals surface area contributed by atoms with Gasteiger partial charge in [-0.1, -0.05) is 23.7 Å². The number of nitrogens with one attached hydrogen (secondary N) is 1. The zero-order valence-electron chi connectivity index (χ0n) is 12.0. The van der Waals surface area contributed by atoms with Crippen LogP contribution >= 0.6 is 11.6 Å². The maximum Gasteiger partial charge on any atom is 0.282 e. The minimum atomic E-state index is -2.80. The fourth-order valence-electron chi connectivity index (χ4n) is 1.93. The molecule has 1 aromatic carbocycles. The standard InChI is InChI=1S/C15H14ClF2N3O/c1-9(7-10-3-5-11(16)6-4-10)19-15(22)12-8-21(2)20-13(12)14(17)18/h3-8,14H,1-2H3,(H,19,22)/b9-7-. The zero-order chi connectivity index (χ0) is 16.3. The Hall–Kier alpha value is -2.21. The number of aromatic nitrogens is 2. The molecule has 0 bridgehead atoms. The van der Waals surface area contributed by atoms with E-state index in [-0.39, 0.29) is 5.56 Å². The summed E-state index contributed by atoms with van der Waals surface area (Å²) >= 11 is 5.79. The minimum absolute atomic E-state index is 0.138. The first-order chi connectivity index (χ1) is 10.4. The molecule has 0 fully saturated rings. The third kappa shape index (κ3) is 3.92. The Labute approximate surface area is 131 Å². The Bertz CT molecular complexity index is 708. The third-order valence-electron chi connectivity index (χ3n) is 2.87. The van der Waals surface area contributed by atoms with Crippen molar-refractivity contribution < 1.29 is 13.6 Å². The van der Waals surface area contributed by atoms with Crippen LogP contribution in [0.1, 0.15) is 35.0 Å². The molecule has 2 rings (SSSR count). The Morgan fingerprint density at radius 3 is 2.59 bits per heavy atom. The SMILES string of the molecule is C/C(=C/c1ccc(Cl)cc1)NC(=O)c1cn(C)nc1C(F)F. The number of nitrogens with zero attached hydrogens (tertiary/aromatic N) is 2. The maximum absolute atomic E-state index is 12.8. The number of halogens is 3. The molecule has 0 aliphatic rings. The molecule has 1 amide bonds. The normalized spacial score (nSPS) is 11.8. The minimum Gasteiger partial charge on any atom is -0.326 e. The Morgan fingerprint density at radius 1 is 1.36 bits per heavy atom. The summed E-state index contributed by atoms with van der Waals surface area (Å²) in [6.45, 7) is 1.67. The van der Waals surface area contributed by atoms with Crippen molar-refractivity contribution in [2.45, 2.75) is 13.3 Å². The van der Waals surface area contributed by atoms with Gasteiger partial charge in [0, 0.05) is 24.0 Å². The topological polar surface area (TPSA) is 46.9 Å². The van der Waals surface area contributed by atoms with Crippen LogP contribution in [0.3, 0.4) is 0 Å². The lowest BCUT2D eigenvalue weighted by atomic mass is 10.2. The van der Waals surface area contributed by atoms with Gasteiger partial charge in [-0.15, -0.1) is 0 Å². The number of hydrogen-bond donors (Lipinski definition) is 1. The van der Waals surface area contributed by atoms with Crippen LogP contribution in [0.15, 0.2) is 36.2 Å². The van der Waals surface area contributed by atoms with E-state index in [4.69, 9.17) is 11.6 Å². The summed E-state index contributed by atoms with van der Waals surface area (Å²) < 4.78 is 26.9. The van der Waals surface area contributed by atoms with E-state index in [9.17, 15) is 13.6 Å². The van der Waals surface area contributed by atoms with Crippen molar-refractivity contribution in [3.63, 3.8) is 0 Å². The van der Waals surface area contributed by atoms with Gasteiger partial charge in [-0.05, 0) is 30.7 Å². The second-order valence-corrected chi connectivity index (χ2v) is 5.17. The van der Waals surface area contributed by atoms with Gasteiger partial charge in [0.2, 0.25) is 0 Å². The summed E-state index contributed by atoms with van der Waals surface area (Å²) in [7, 11) is 1.49. The van der Waals surface area contributed by atoms with Gasteiger partial charge in [-0.2, -0.15) is 5.10 Å². The van der Waals surface area contributed by atoms with Gasteiger partial charge in [-0.3, -0.25) is 9.48 Å². The molecule has 22 heavy (non-hydrogen) atoms. The first-order valence-corrected chi connectivity index (χ1v) is 6.81. The molecule has 0 saturated carbocycles. The molecule has 1 heterocycles. The lowest BCUT2D eigenvalue weighted by Gasteiger charge is -2.05. The van der Waals surface area contributed by atoms with E-state index in [1.54, 1.807) is 37.3 Å². The number of carbonyl (C=O) groups is 1. The van der Waals surface area contributed by atoms with E-state index < -0.39 is 18.0 Å². The van der Waals surface area contributed by atoms with Crippen molar-refractivity contribution >= 4 is 23.6 Å². The summed E-state index contributed by atoms with van der Waals surface area (Å²) in [5, 5.41) is 6.78. The molecule has 0 unspecified atom stereocenters. The molecular formula is C15H14ClF2N3O. The van der Waals surface area contributed by atoms with Crippen LogP contribution in [0, 0.1) is 0 Å². The molecule has 0 saturated heterocycles. The number of rotatable bonds is 4. The van der Waals surface area contributed by atoms with E-state index in [1.165, 1.54) is 17.9 Å². The Morgan fingerprint density at radius 2 is 2.00 bits per heavy atom. The molecule has 116 valence electrons. The number of carbonyl (C=O) groups excluding carboxylic acids is 1. The number of allylic oxidation sites excluding steroid dienone is 1. The predicted molar refractivity (Wildman–Crippen MR) is 80.7 cm³/mol. The summed E-state index contributed by atoms with van der Waals surface area (Å²) in [5.41, 5.74) is 0.694. The lowest BCUT2D eigenvalue weighted by molar-refractivity contribution is 0.0951. The molecule has 0 aliphatic carbocycles. The first-order valence-electron chi connectivity index (χ1n) is 6.43. The molecule has 0 spiro atoms. The number of benzene rings is 1. The molecule has 7 heteroatoms. The fraction of sp³-hybridized carbons (Fsp3) is 0.200. The van der Waals surface area contributed by atoms with Crippen molar-refractivity contribution in [1.29, 1.82) is 0 Å². The molecule has 0 atom stereocenters. The Kier molecular flexibility index (Phi) is 4.92. The van der Waals surface area contributed by atoms with Gasteiger partial charge < -0.3 is 5.32 Å². The van der Waals surface area contributed by atoms with Crippen LogP contribution in [0.25, 0.3) is 6.08 Å². The van der Waals surface area contributed by atoms with E-state index >= 15 is 0 Å². The monoisotopic (exact) mass is 325 g/mol. The van der Waals surface area contributed by atoms with Crippen molar-refractivity contribution in [1.82, 2.24) is 15.1 Å². The van der Waals surface area contributed by atoms with Crippen LogP contribution in [-0.4, -0.2) is 15.7 Å². The molecule has 1 N–H and O–H groups in total. The predicted octanol–water partition coefficient (Wildman–Crippen LogP) is 3.80. The number of hydrogen-bond acceptors (Lipinski definition) is 2. The van der Waals surface area contributed by atoms with E-state index in [0.29, 0.717) is 10.7 Å². The molecular weight excluding hydrogens is 312 g/mol. The number of alkyl halides is 2. The van der Waals surface area contributed by atoms with Crippen LogP contribution < -0.4 is 5.32 Å². The highest BCUT2D eigenvalue weighted by Crippen LogP contribution is 2.21. The highest BCUT2D eigenvalue weighted by molar-refractivity contribution is 6.30. The molecule has 1 aromatic heterocycles. The number of amides is 1. The molecule has 4 nitrogen and oxygen atoms in total. The summed E-state index contributed by atoms with van der Waals surface area (Å²) in [6, 6.07) is 7.01. The third-order valence-corrected chi connectivity index (χ3v) is 3.12. The number of aryl methyl sites for hydroxylation is 1. The highest BCUT2D eigenvalue weighted by atomic mass is 35.5. The van der Waals surface area contributed by atoms with Crippen LogP contribution in [0.5, 0.6) is 0 Å². The first kappa shape index (κ1) is 16.2. The van der Waals surface area contributed by atoms with Crippen molar-refractivity contribution in [2.24, 2.45) is 7.05 Å². The Balaban J connectivity index is 2.16. The van der Waals surface area contributed by atoms with Gasteiger partial charge in [0.05, 0.1) is 5.56 Å². The second kappa shape index (κ2) is 6.70. The van der Waals surface area contributed by atoms with Crippen molar-refractivity contribution in [3.8, 4) is 0 Å². The van der Waals surface area contributed by atoms with Crippen molar-refractivity contribution in [3.05, 3.63) is 58.0 Å². The zero-order valence-corrected chi connectivity index (χ0v) is 12.7. The fourth-order valence-corrected chi connectivity index (χ4v) is 2.06. The molecule has 2 aromatic rings. The average molecular weight is 326 g/mol. The summed E-state index contributed by atoms with van der Waals surface area (Å²) in [4.78, 5) is 12.1. The van der Waals surface area contributed by atoms with E-state index in [0.717, 1.165) is 5.56 Å². The van der Waals surface area contributed by atoms with Crippen LogP contribution in [-0.2, 0) is 7.05 Å². The quantitative estimate of drug-likeness (QED) is 0.929. The molecule has 0 aliphatic heterocycles. The summed E-state index contributed by atoms with van der Waals surface area (Å²) in [6.07, 6.45) is 0.182. The lowest BCUT2D eigenvalue weighted by Crippen LogP contribution is -2.22. The van der Waals surface area contributed by atoms with Gasteiger partial charge in [0.25, 0.3) is 12.3 Å². The largest absolute Gasteiger partial charge is 0.326 e. The van der Waals surface area contributed by atoms with Gasteiger partial charge in [-0.25, -0.2) is 8.78 Å². The van der Waals surface area contributed by atoms with Gasteiger partial charge >= 0.3 is 0 Å². The summed E-state index contributed by atoms with van der Waals surface area (Å²) in [5.74, 6) is -0.619. The smallest absolute Gasteiger partial charge is 0.282 e.